The normalized spacial score (nSPS) is 18.5. The minimum atomic E-state index is 0.0495. The molecule has 162 valence electrons. The third-order valence-corrected chi connectivity index (χ3v) is 6.55. The third-order valence-electron chi connectivity index (χ3n) is 5.62. The number of carbonyl (C=O) groups excluding carboxylic acids is 1. The molecule has 2 aromatic carbocycles. The molecule has 6 nitrogen and oxygen atoms in total. The molecule has 1 N–H and O–H groups in total. The fourth-order valence-corrected chi connectivity index (χ4v) is 4.68. The Morgan fingerprint density at radius 1 is 1.06 bits per heavy atom. The molecular weight excluding hydrogens is 408 g/mol. The molecule has 1 heterocycles. The molecule has 1 aliphatic rings. The maximum Gasteiger partial charge on any atom is 0.230 e. The number of rotatable bonds is 8. The number of para-hydroxylation sites is 2. The fourth-order valence-electron chi connectivity index (χ4n) is 3.90. The fraction of sp³-hybridized carbons (Fsp3) is 0.375. The average molecular weight is 437 g/mol. The van der Waals surface area contributed by atoms with Gasteiger partial charge in [0, 0.05) is 11.7 Å². The minimum absolute atomic E-state index is 0.0495. The average Bonchev–Trinajstić information content (AvgIpc) is 3.22. The van der Waals surface area contributed by atoms with E-state index in [1.54, 1.807) is 0 Å². The number of hydrogen-bond acceptors (Lipinski definition) is 5. The van der Waals surface area contributed by atoms with Crippen molar-refractivity contribution >= 4 is 17.7 Å². The molecule has 4 rings (SSSR count). The standard InChI is InChI=1S/C24H28N4O2S/c1-18-10-8-9-15-21(18)25-23(29)17-31-24-27-26-22(16-30-20-13-6-3-7-14-20)28(24)19-11-4-2-5-12-19/h2-7,11-14,18,21H,8-10,15-17H2,1H3,(H,25,29)/t18-,21-/m1/s1. The van der Waals surface area contributed by atoms with E-state index in [2.05, 4.69) is 22.4 Å². The highest BCUT2D eigenvalue weighted by molar-refractivity contribution is 7.99. The maximum atomic E-state index is 12.6. The van der Waals surface area contributed by atoms with Gasteiger partial charge < -0.3 is 10.1 Å². The van der Waals surface area contributed by atoms with Gasteiger partial charge >= 0.3 is 0 Å². The van der Waals surface area contributed by atoms with Gasteiger partial charge in [0.15, 0.2) is 11.0 Å². The van der Waals surface area contributed by atoms with Crippen LogP contribution in [0.4, 0.5) is 0 Å². The smallest absolute Gasteiger partial charge is 0.230 e. The lowest BCUT2D eigenvalue weighted by molar-refractivity contribution is -0.119. The Balaban J connectivity index is 1.45. The van der Waals surface area contributed by atoms with Gasteiger partial charge in [-0.3, -0.25) is 9.36 Å². The Labute approximate surface area is 187 Å². The van der Waals surface area contributed by atoms with Crippen molar-refractivity contribution in [3.63, 3.8) is 0 Å². The zero-order chi connectivity index (χ0) is 21.5. The monoisotopic (exact) mass is 436 g/mol. The number of benzene rings is 2. The molecule has 1 amide bonds. The molecule has 0 radical (unpaired) electrons. The number of amides is 1. The van der Waals surface area contributed by atoms with E-state index in [-0.39, 0.29) is 18.6 Å². The highest BCUT2D eigenvalue weighted by Gasteiger charge is 2.23. The SMILES string of the molecule is C[C@@H]1CCCC[C@H]1NC(=O)CSc1nnc(COc2ccccc2)n1-c1ccccc1. The van der Waals surface area contributed by atoms with Gasteiger partial charge in [0.1, 0.15) is 12.4 Å². The predicted octanol–water partition coefficient (Wildman–Crippen LogP) is 4.63. The Morgan fingerprint density at radius 3 is 2.52 bits per heavy atom. The van der Waals surface area contributed by atoms with Crippen LogP contribution >= 0.6 is 11.8 Å². The molecule has 31 heavy (non-hydrogen) atoms. The highest BCUT2D eigenvalue weighted by atomic mass is 32.2. The van der Waals surface area contributed by atoms with E-state index < -0.39 is 0 Å². The van der Waals surface area contributed by atoms with Crippen LogP contribution in [-0.4, -0.2) is 32.5 Å². The molecule has 3 aromatic rings. The number of carbonyl (C=O) groups is 1. The van der Waals surface area contributed by atoms with Crippen molar-refractivity contribution < 1.29 is 9.53 Å². The lowest BCUT2D eigenvalue weighted by Gasteiger charge is -2.29. The van der Waals surface area contributed by atoms with Crippen LogP contribution in [0.3, 0.4) is 0 Å². The summed E-state index contributed by atoms with van der Waals surface area (Å²) in [6.45, 7) is 2.51. The van der Waals surface area contributed by atoms with Crippen molar-refractivity contribution in [3.8, 4) is 11.4 Å². The Morgan fingerprint density at radius 2 is 1.77 bits per heavy atom. The first kappa shape index (κ1) is 21.4. The van der Waals surface area contributed by atoms with Crippen LogP contribution in [0.15, 0.2) is 65.8 Å². The number of thioether (sulfide) groups is 1. The molecule has 0 spiro atoms. The van der Waals surface area contributed by atoms with Crippen molar-refractivity contribution in [2.75, 3.05) is 5.75 Å². The summed E-state index contributed by atoms with van der Waals surface area (Å²) < 4.78 is 7.86. The van der Waals surface area contributed by atoms with Gasteiger partial charge in [-0.15, -0.1) is 10.2 Å². The quantitative estimate of drug-likeness (QED) is 0.521. The summed E-state index contributed by atoms with van der Waals surface area (Å²) in [4.78, 5) is 12.6. The van der Waals surface area contributed by atoms with Crippen molar-refractivity contribution in [1.29, 1.82) is 0 Å². The number of ether oxygens (including phenoxy) is 1. The number of hydrogen-bond donors (Lipinski definition) is 1. The zero-order valence-corrected chi connectivity index (χ0v) is 18.6. The van der Waals surface area contributed by atoms with Gasteiger partial charge in [0.05, 0.1) is 5.75 Å². The largest absolute Gasteiger partial charge is 0.486 e. The predicted molar refractivity (Wildman–Crippen MR) is 122 cm³/mol. The van der Waals surface area contributed by atoms with Crippen LogP contribution in [0.1, 0.15) is 38.4 Å². The van der Waals surface area contributed by atoms with Crippen molar-refractivity contribution in [2.45, 2.75) is 50.4 Å². The van der Waals surface area contributed by atoms with Gasteiger partial charge in [-0.05, 0) is 43.0 Å². The Kier molecular flexibility index (Phi) is 7.25. The van der Waals surface area contributed by atoms with Gasteiger partial charge in [-0.25, -0.2) is 0 Å². The summed E-state index contributed by atoms with van der Waals surface area (Å²) in [6.07, 6.45) is 4.70. The van der Waals surface area contributed by atoms with E-state index in [0.29, 0.717) is 22.7 Å². The molecule has 1 aromatic heterocycles. The lowest BCUT2D eigenvalue weighted by atomic mass is 9.86. The van der Waals surface area contributed by atoms with Crippen LogP contribution in [0.2, 0.25) is 0 Å². The van der Waals surface area contributed by atoms with E-state index in [0.717, 1.165) is 17.9 Å². The summed E-state index contributed by atoms with van der Waals surface area (Å²) in [5, 5.41) is 12.6. The molecular formula is C24H28N4O2S. The van der Waals surface area contributed by atoms with Gasteiger partial charge in [0.2, 0.25) is 5.91 Å². The third kappa shape index (κ3) is 5.67. The first-order valence-corrected chi connectivity index (χ1v) is 11.8. The molecule has 1 aliphatic carbocycles. The van der Waals surface area contributed by atoms with Gasteiger partial charge in [0.25, 0.3) is 0 Å². The van der Waals surface area contributed by atoms with E-state index in [1.807, 2.05) is 65.2 Å². The van der Waals surface area contributed by atoms with E-state index in [9.17, 15) is 4.79 Å². The van der Waals surface area contributed by atoms with E-state index in [1.165, 1.54) is 31.0 Å². The minimum Gasteiger partial charge on any atom is -0.486 e. The van der Waals surface area contributed by atoms with Gasteiger partial charge in [-0.1, -0.05) is 67.9 Å². The topological polar surface area (TPSA) is 69.0 Å². The van der Waals surface area contributed by atoms with Gasteiger partial charge in [-0.2, -0.15) is 0 Å². The summed E-state index contributed by atoms with van der Waals surface area (Å²) in [7, 11) is 0. The van der Waals surface area contributed by atoms with E-state index in [4.69, 9.17) is 4.74 Å². The summed E-state index contributed by atoms with van der Waals surface area (Å²) in [5.74, 6) is 2.37. The number of nitrogens with zero attached hydrogens (tertiary/aromatic N) is 3. The summed E-state index contributed by atoms with van der Waals surface area (Å²) in [5.41, 5.74) is 0.947. The van der Waals surface area contributed by atoms with Crippen LogP contribution < -0.4 is 10.1 Å². The molecule has 1 saturated carbocycles. The molecule has 2 atom stereocenters. The van der Waals surface area contributed by atoms with Crippen molar-refractivity contribution in [3.05, 3.63) is 66.5 Å². The molecule has 1 fully saturated rings. The summed E-state index contributed by atoms with van der Waals surface area (Å²) >= 11 is 1.40. The molecule has 0 unspecified atom stereocenters. The second-order valence-corrected chi connectivity index (χ2v) is 8.84. The lowest BCUT2D eigenvalue weighted by Crippen LogP contribution is -2.41. The zero-order valence-electron chi connectivity index (χ0n) is 17.7. The van der Waals surface area contributed by atoms with Crippen molar-refractivity contribution in [1.82, 2.24) is 20.1 Å². The van der Waals surface area contributed by atoms with Crippen molar-refractivity contribution in [2.24, 2.45) is 5.92 Å². The van der Waals surface area contributed by atoms with E-state index >= 15 is 0 Å². The number of aromatic nitrogens is 3. The Bertz CT molecular complexity index is 978. The second-order valence-electron chi connectivity index (χ2n) is 7.90. The highest BCUT2D eigenvalue weighted by Crippen LogP contribution is 2.25. The molecule has 0 bridgehead atoms. The molecule has 7 heteroatoms. The van der Waals surface area contributed by atoms with Crippen LogP contribution in [0.5, 0.6) is 5.75 Å². The first-order chi connectivity index (χ1) is 15.2. The molecule has 0 saturated heterocycles. The first-order valence-electron chi connectivity index (χ1n) is 10.8. The second kappa shape index (κ2) is 10.5. The van der Waals surface area contributed by atoms with Crippen LogP contribution in [-0.2, 0) is 11.4 Å². The van der Waals surface area contributed by atoms with Crippen LogP contribution in [0, 0.1) is 5.92 Å². The summed E-state index contributed by atoms with van der Waals surface area (Å²) in [6, 6.07) is 19.9. The van der Waals surface area contributed by atoms with Crippen LogP contribution in [0.25, 0.3) is 5.69 Å². The maximum absolute atomic E-state index is 12.6. The Hall–Kier alpha value is -2.80. The molecule has 0 aliphatic heterocycles. The number of nitrogens with one attached hydrogen (secondary N) is 1.